The molecular weight excluding hydrogens is 209 g/mol. The number of alkyl halides is 3. The summed E-state index contributed by atoms with van der Waals surface area (Å²) in [5.41, 5.74) is 3.73. The zero-order chi connectivity index (χ0) is 11.5. The van der Waals surface area contributed by atoms with Crippen molar-refractivity contribution in [2.75, 3.05) is 6.54 Å². The van der Waals surface area contributed by atoms with Crippen LogP contribution in [-0.2, 0) is 6.18 Å². The van der Waals surface area contributed by atoms with Gasteiger partial charge in [-0.3, -0.25) is 9.78 Å². The lowest BCUT2D eigenvalue weighted by Gasteiger charge is -2.10. The van der Waals surface area contributed by atoms with Crippen molar-refractivity contribution in [1.29, 1.82) is 0 Å². The Labute approximate surface area is 84.1 Å². The van der Waals surface area contributed by atoms with Crippen LogP contribution < -0.4 is 5.73 Å². The third kappa shape index (κ3) is 2.76. The molecule has 1 heterocycles. The molecule has 1 rings (SSSR count). The van der Waals surface area contributed by atoms with E-state index in [0.29, 0.717) is 6.20 Å². The first kappa shape index (κ1) is 11.6. The van der Waals surface area contributed by atoms with E-state index >= 15 is 0 Å². The van der Waals surface area contributed by atoms with Crippen molar-refractivity contribution < 1.29 is 18.0 Å². The molecule has 1 aromatic rings. The Kier molecular flexibility index (Phi) is 3.41. The van der Waals surface area contributed by atoms with Crippen LogP contribution in [0.25, 0.3) is 0 Å². The monoisotopic (exact) mass is 218 g/mol. The van der Waals surface area contributed by atoms with Gasteiger partial charge in [-0.05, 0) is 12.6 Å². The molecule has 3 nitrogen and oxygen atoms in total. The van der Waals surface area contributed by atoms with E-state index in [9.17, 15) is 18.0 Å². The van der Waals surface area contributed by atoms with Crippen LogP contribution in [0.5, 0.6) is 0 Å². The van der Waals surface area contributed by atoms with Gasteiger partial charge in [0.25, 0.3) is 0 Å². The van der Waals surface area contributed by atoms with Crippen LogP contribution in [0.3, 0.4) is 0 Å². The van der Waals surface area contributed by atoms with Gasteiger partial charge >= 0.3 is 6.18 Å². The predicted molar refractivity (Wildman–Crippen MR) is 47.2 cm³/mol. The highest BCUT2D eigenvalue weighted by molar-refractivity contribution is 5.97. The molecule has 0 aliphatic carbocycles. The molecule has 0 amide bonds. The van der Waals surface area contributed by atoms with Gasteiger partial charge in [-0.15, -0.1) is 0 Å². The number of ketones is 1. The van der Waals surface area contributed by atoms with Crippen LogP contribution in [0.1, 0.15) is 22.3 Å². The van der Waals surface area contributed by atoms with Crippen LogP contribution in [0.4, 0.5) is 13.2 Å². The molecule has 2 N–H and O–H groups in total. The molecular formula is C9H9F3N2O. The van der Waals surface area contributed by atoms with Gasteiger partial charge in [-0.25, -0.2) is 0 Å². The SMILES string of the molecule is NCCC(=O)c1ccncc1C(F)(F)F. The van der Waals surface area contributed by atoms with Gasteiger partial charge in [0.15, 0.2) is 5.78 Å². The van der Waals surface area contributed by atoms with E-state index in [0.717, 1.165) is 12.3 Å². The van der Waals surface area contributed by atoms with Gasteiger partial charge in [-0.2, -0.15) is 13.2 Å². The van der Waals surface area contributed by atoms with Gasteiger partial charge < -0.3 is 5.73 Å². The molecule has 0 atom stereocenters. The van der Waals surface area contributed by atoms with E-state index in [1.165, 1.54) is 0 Å². The fraction of sp³-hybridized carbons (Fsp3) is 0.333. The smallest absolute Gasteiger partial charge is 0.330 e. The molecule has 0 fully saturated rings. The lowest BCUT2D eigenvalue weighted by molar-refractivity contribution is -0.138. The van der Waals surface area contributed by atoms with Crippen molar-refractivity contribution in [3.63, 3.8) is 0 Å². The maximum absolute atomic E-state index is 12.4. The third-order valence-electron chi connectivity index (χ3n) is 1.80. The molecule has 1 aromatic heterocycles. The normalized spacial score (nSPS) is 11.5. The van der Waals surface area contributed by atoms with E-state index < -0.39 is 17.5 Å². The van der Waals surface area contributed by atoms with E-state index in [1.54, 1.807) is 0 Å². The minimum Gasteiger partial charge on any atom is -0.330 e. The van der Waals surface area contributed by atoms with Crippen LogP contribution in [-0.4, -0.2) is 17.3 Å². The fourth-order valence-corrected chi connectivity index (χ4v) is 1.13. The molecule has 6 heteroatoms. The number of halogens is 3. The Morgan fingerprint density at radius 1 is 1.47 bits per heavy atom. The van der Waals surface area contributed by atoms with Crippen molar-refractivity contribution in [2.24, 2.45) is 5.73 Å². The summed E-state index contributed by atoms with van der Waals surface area (Å²) in [7, 11) is 0. The summed E-state index contributed by atoms with van der Waals surface area (Å²) < 4.78 is 37.3. The number of Topliss-reactive ketones (excluding diaryl/α,β-unsaturated/α-hetero) is 1. The molecule has 15 heavy (non-hydrogen) atoms. The number of pyridine rings is 1. The Balaban J connectivity index is 3.12. The van der Waals surface area contributed by atoms with Gasteiger partial charge in [-0.1, -0.05) is 0 Å². The summed E-state index contributed by atoms with van der Waals surface area (Å²) in [5.74, 6) is -0.618. The number of nitrogens with zero attached hydrogens (tertiary/aromatic N) is 1. The number of carbonyl (C=O) groups excluding carboxylic acids is 1. The number of nitrogens with two attached hydrogens (primary N) is 1. The van der Waals surface area contributed by atoms with Gasteiger partial charge in [0.1, 0.15) is 0 Å². The molecule has 0 aromatic carbocycles. The number of aromatic nitrogens is 1. The quantitative estimate of drug-likeness (QED) is 0.784. The summed E-state index contributed by atoms with van der Waals surface area (Å²) in [6.07, 6.45) is -2.87. The van der Waals surface area contributed by atoms with Crippen molar-refractivity contribution in [2.45, 2.75) is 12.6 Å². The van der Waals surface area contributed by atoms with Crippen molar-refractivity contribution in [3.05, 3.63) is 29.6 Å². The van der Waals surface area contributed by atoms with Gasteiger partial charge in [0, 0.05) is 24.4 Å². The van der Waals surface area contributed by atoms with Crippen molar-refractivity contribution in [3.8, 4) is 0 Å². The standard InChI is InChI=1S/C9H9F3N2O/c10-9(11,12)7-5-14-4-2-6(7)8(15)1-3-13/h2,4-5H,1,3,13H2. The maximum atomic E-state index is 12.4. The second-order valence-corrected chi connectivity index (χ2v) is 2.88. The molecule has 0 aliphatic rings. The second-order valence-electron chi connectivity index (χ2n) is 2.88. The van der Waals surface area contributed by atoms with Crippen LogP contribution in [0.2, 0.25) is 0 Å². The fourth-order valence-electron chi connectivity index (χ4n) is 1.13. The minimum absolute atomic E-state index is 0.0262. The summed E-state index contributed by atoms with van der Waals surface area (Å²) in [6, 6.07) is 1.06. The van der Waals surface area contributed by atoms with E-state index in [2.05, 4.69) is 4.98 Å². The summed E-state index contributed by atoms with van der Waals surface area (Å²) >= 11 is 0. The molecule has 0 radical (unpaired) electrons. The van der Waals surface area contributed by atoms with Crippen LogP contribution in [0, 0.1) is 0 Å². The third-order valence-corrected chi connectivity index (χ3v) is 1.80. The molecule has 0 unspecified atom stereocenters. The summed E-state index contributed by atoms with van der Waals surface area (Å²) in [6.45, 7) is 0.0262. The van der Waals surface area contributed by atoms with Crippen molar-refractivity contribution in [1.82, 2.24) is 4.98 Å². The Hall–Kier alpha value is -1.43. The number of hydrogen-bond acceptors (Lipinski definition) is 3. The Morgan fingerprint density at radius 3 is 2.67 bits per heavy atom. The first-order valence-corrected chi connectivity index (χ1v) is 4.21. The second kappa shape index (κ2) is 4.39. The zero-order valence-corrected chi connectivity index (χ0v) is 7.71. The van der Waals surface area contributed by atoms with E-state index in [1.807, 2.05) is 0 Å². The summed E-state index contributed by atoms with van der Waals surface area (Å²) in [4.78, 5) is 14.7. The highest BCUT2D eigenvalue weighted by atomic mass is 19.4. The zero-order valence-electron chi connectivity index (χ0n) is 7.71. The maximum Gasteiger partial charge on any atom is 0.418 e. The Bertz CT molecular complexity index is 363. The molecule has 82 valence electrons. The minimum atomic E-state index is -4.56. The molecule has 0 saturated heterocycles. The topological polar surface area (TPSA) is 56.0 Å². The molecule has 0 saturated carbocycles. The average Bonchev–Trinajstić information content (AvgIpc) is 2.17. The first-order chi connectivity index (χ1) is 6.96. The first-order valence-electron chi connectivity index (χ1n) is 4.21. The van der Waals surface area contributed by atoms with Crippen LogP contribution in [0.15, 0.2) is 18.5 Å². The predicted octanol–water partition coefficient (Wildman–Crippen LogP) is 1.63. The number of rotatable bonds is 3. The molecule has 0 aliphatic heterocycles. The van der Waals surface area contributed by atoms with Gasteiger partial charge in [0.05, 0.1) is 5.56 Å². The highest BCUT2D eigenvalue weighted by Gasteiger charge is 2.35. The van der Waals surface area contributed by atoms with Crippen molar-refractivity contribution >= 4 is 5.78 Å². The largest absolute Gasteiger partial charge is 0.418 e. The van der Waals surface area contributed by atoms with Gasteiger partial charge in [0.2, 0.25) is 0 Å². The van der Waals surface area contributed by atoms with E-state index in [4.69, 9.17) is 5.73 Å². The Morgan fingerprint density at radius 2 is 2.13 bits per heavy atom. The molecule has 0 bridgehead atoms. The lowest BCUT2D eigenvalue weighted by atomic mass is 10.0. The van der Waals surface area contributed by atoms with E-state index in [-0.39, 0.29) is 18.5 Å². The highest BCUT2D eigenvalue weighted by Crippen LogP contribution is 2.31. The summed E-state index contributed by atoms with van der Waals surface area (Å²) in [5, 5.41) is 0. The van der Waals surface area contributed by atoms with Crippen LogP contribution >= 0.6 is 0 Å². The number of hydrogen-bond donors (Lipinski definition) is 1. The molecule has 0 spiro atoms. The number of carbonyl (C=O) groups is 1. The lowest BCUT2D eigenvalue weighted by Crippen LogP contribution is -2.15. The average molecular weight is 218 g/mol.